The summed E-state index contributed by atoms with van der Waals surface area (Å²) in [4.78, 5) is 54.9. The molecule has 6 amide bonds. The molecular formula is C42H63ClFN11O9S2. The van der Waals surface area contributed by atoms with Crippen LogP contribution in [0.1, 0.15) is 24.9 Å². The van der Waals surface area contributed by atoms with Gasteiger partial charge in [0.2, 0.25) is 11.8 Å². The van der Waals surface area contributed by atoms with Gasteiger partial charge in [-0.2, -0.15) is 5.53 Å². The number of anilines is 1. The summed E-state index contributed by atoms with van der Waals surface area (Å²) in [6.45, 7) is 8.65. The van der Waals surface area contributed by atoms with Gasteiger partial charge in [0, 0.05) is 81.3 Å². The maximum atomic E-state index is 14.7. The Hall–Kier alpha value is -3.88. The van der Waals surface area contributed by atoms with Gasteiger partial charge in [0.05, 0.1) is 69.6 Å². The van der Waals surface area contributed by atoms with E-state index in [0.29, 0.717) is 68.7 Å². The molecule has 0 spiro atoms. The van der Waals surface area contributed by atoms with E-state index < -0.39 is 33.8 Å². The van der Waals surface area contributed by atoms with Gasteiger partial charge in [0.25, 0.3) is 0 Å². The second kappa shape index (κ2) is 26.6. The van der Waals surface area contributed by atoms with Crippen LogP contribution in [0.2, 0.25) is 0 Å². The lowest BCUT2D eigenvalue weighted by atomic mass is 10.1. The molecule has 2 aromatic carbocycles. The normalized spacial score (nSPS) is 23.4. The molecule has 20 nitrogen and oxygen atoms in total. The first-order valence-corrected chi connectivity index (χ1v) is 24.5. The minimum atomic E-state index is -0.760. The number of hydrogen-bond acceptors (Lipinski definition) is 16. The number of nitrogens with one attached hydrogen (secondary N) is 8. The number of piperazine rings is 1. The summed E-state index contributed by atoms with van der Waals surface area (Å²) >= 11 is 9.18. The highest BCUT2D eigenvalue weighted by Gasteiger charge is 2.34. The summed E-state index contributed by atoms with van der Waals surface area (Å²) in [6, 6.07) is 10.3. The van der Waals surface area contributed by atoms with Crippen LogP contribution in [0.4, 0.5) is 19.7 Å². The number of rotatable bonds is 24. The van der Waals surface area contributed by atoms with Crippen molar-refractivity contribution < 1.29 is 47.3 Å². The van der Waals surface area contributed by atoms with Gasteiger partial charge >= 0.3 is 12.1 Å². The molecule has 8 N–H and O–H groups in total. The fourth-order valence-corrected chi connectivity index (χ4v) is 9.83. The summed E-state index contributed by atoms with van der Waals surface area (Å²) in [5.74, 6) is 1.04. The summed E-state index contributed by atoms with van der Waals surface area (Å²) in [5.41, 5.74) is 7.00. The van der Waals surface area contributed by atoms with E-state index in [1.165, 1.54) is 24.9 Å². The molecule has 4 heterocycles. The van der Waals surface area contributed by atoms with Crippen LogP contribution in [0.25, 0.3) is 0 Å². The van der Waals surface area contributed by atoms with Crippen molar-refractivity contribution in [2.45, 2.75) is 53.0 Å². The molecule has 366 valence electrons. The molecule has 4 aliphatic heterocycles. The summed E-state index contributed by atoms with van der Waals surface area (Å²) < 4.78 is 43.0. The fourth-order valence-electron chi connectivity index (χ4n) is 7.23. The van der Waals surface area contributed by atoms with Crippen molar-refractivity contribution in [2.75, 3.05) is 117 Å². The maximum absolute atomic E-state index is 14.7. The van der Waals surface area contributed by atoms with Gasteiger partial charge in [0.15, 0.2) is 0 Å². The van der Waals surface area contributed by atoms with Crippen molar-refractivity contribution in [1.82, 2.24) is 52.4 Å². The van der Waals surface area contributed by atoms with E-state index in [4.69, 9.17) is 35.3 Å². The quantitative estimate of drug-likeness (QED) is 0.0552. The third-order valence-electron chi connectivity index (χ3n) is 11.0. The molecular weight excluding hydrogens is 921 g/mol. The van der Waals surface area contributed by atoms with Crippen molar-refractivity contribution in [3.8, 4) is 11.5 Å². The smallest absolute Gasteiger partial charge is 0.321 e. The molecule has 0 aromatic heterocycles. The number of carbonyl (C=O) groups excluding carboxylic acids is 4. The Morgan fingerprint density at radius 2 is 1.71 bits per heavy atom. The van der Waals surface area contributed by atoms with Gasteiger partial charge in [0.1, 0.15) is 34.7 Å². The SMILES string of the molecule is COc1ccc([C@@H](C)NC(=O)[C@@H](COCCOCCOCCN2CC(COc3ccc(NC(=O)NC4NC(CC(=O)N5CCN(C)CC5)CS4)cc3)NN2)SC2NC(=O)NCC2Cl)c(F)c1. The van der Waals surface area contributed by atoms with Crippen LogP contribution in [0.5, 0.6) is 11.5 Å². The molecule has 0 bridgehead atoms. The lowest BCUT2D eigenvalue weighted by Crippen LogP contribution is -2.55. The highest BCUT2D eigenvalue weighted by atomic mass is 35.5. The molecule has 5 unspecified atom stereocenters. The Morgan fingerprint density at radius 3 is 2.45 bits per heavy atom. The molecule has 0 radical (unpaired) electrons. The number of amides is 6. The fraction of sp³-hybridized carbons (Fsp3) is 0.619. The average Bonchev–Trinajstić information content (AvgIpc) is 3.96. The topological polar surface area (TPSA) is 220 Å². The number of alkyl halides is 1. The number of methoxy groups -OCH3 is 1. The zero-order valence-corrected chi connectivity index (χ0v) is 39.9. The van der Waals surface area contributed by atoms with E-state index in [-0.39, 0.29) is 61.9 Å². The van der Waals surface area contributed by atoms with Crippen molar-refractivity contribution in [1.29, 1.82) is 0 Å². The number of thioether (sulfide) groups is 2. The van der Waals surface area contributed by atoms with Gasteiger partial charge in [-0.15, -0.1) is 35.1 Å². The largest absolute Gasteiger partial charge is 0.497 e. The molecule has 6 rings (SSSR count). The predicted octanol–water partition coefficient (Wildman–Crippen LogP) is 1.46. The number of likely N-dealkylation sites (N-methyl/N-ethyl adjacent to an activating group) is 1. The first-order valence-electron chi connectivity index (χ1n) is 22.0. The molecule has 2 aromatic rings. The van der Waals surface area contributed by atoms with E-state index >= 15 is 0 Å². The Bertz CT molecular complexity index is 1880. The predicted molar refractivity (Wildman–Crippen MR) is 251 cm³/mol. The van der Waals surface area contributed by atoms with Crippen LogP contribution in [-0.2, 0) is 23.8 Å². The lowest BCUT2D eigenvalue weighted by Gasteiger charge is -2.33. The number of nitrogens with zero attached hydrogens (tertiary/aromatic N) is 3. The van der Waals surface area contributed by atoms with Crippen LogP contribution in [0.15, 0.2) is 42.5 Å². The minimum Gasteiger partial charge on any atom is -0.497 e. The number of hydrazine groups is 2. The molecule has 7 atom stereocenters. The van der Waals surface area contributed by atoms with Gasteiger partial charge in [-0.25, -0.2) is 24.4 Å². The monoisotopic (exact) mass is 983 g/mol. The Labute approximate surface area is 398 Å². The van der Waals surface area contributed by atoms with Crippen LogP contribution >= 0.6 is 35.1 Å². The zero-order valence-electron chi connectivity index (χ0n) is 37.5. The van der Waals surface area contributed by atoms with E-state index in [0.717, 1.165) is 31.9 Å². The molecule has 4 fully saturated rings. The van der Waals surface area contributed by atoms with E-state index in [1.807, 2.05) is 9.91 Å². The minimum absolute atomic E-state index is 0.00756. The van der Waals surface area contributed by atoms with Crippen LogP contribution in [0.3, 0.4) is 0 Å². The number of benzene rings is 2. The summed E-state index contributed by atoms with van der Waals surface area (Å²) in [7, 11) is 3.51. The van der Waals surface area contributed by atoms with Crippen molar-refractivity contribution in [3.63, 3.8) is 0 Å². The molecule has 0 aliphatic carbocycles. The van der Waals surface area contributed by atoms with Crippen molar-refractivity contribution in [2.24, 2.45) is 0 Å². The summed E-state index contributed by atoms with van der Waals surface area (Å²) in [5, 5.41) is 17.6. The van der Waals surface area contributed by atoms with E-state index in [1.54, 1.807) is 55.1 Å². The molecule has 66 heavy (non-hydrogen) atoms. The van der Waals surface area contributed by atoms with Crippen LogP contribution < -0.4 is 52.3 Å². The highest BCUT2D eigenvalue weighted by molar-refractivity contribution is 8.01. The first-order chi connectivity index (χ1) is 31.9. The maximum Gasteiger partial charge on any atom is 0.321 e. The molecule has 24 heteroatoms. The number of hydrogen-bond donors (Lipinski definition) is 8. The molecule has 4 saturated heterocycles. The standard InChI is InChI=1S/C42H63ClFN11O9S2/c1-27(33-9-8-32(60-3)21-35(33)44)46-38(57)36(66-39-34(43)22-45-40(58)49-39)25-63-19-18-62-17-16-61-15-14-55-23-30(51-52-55)24-64-31-6-4-28(5-7-31)47-41(59)50-42-48-29(26-65-42)20-37(56)54-12-10-53(2)11-13-54/h4-9,21,27,29-30,34,36,39,42,48,51-52H,10-20,22-26H2,1-3H3,(H,46,57)(H2,45,49,58)(H2,47,50,59)/t27-,29?,30?,34?,36-,39?,42?/m1/s1. The van der Waals surface area contributed by atoms with Gasteiger partial charge in [-0.05, 0) is 44.3 Å². The Kier molecular flexibility index (Phi) is 20.8. The van der Waals surface area contributed by atoms with Gasteiger partial charge in [-0.1, -0.05) is 6.07 Å². The van der Waals surface area contributed by atoms with Crippen LogP contribution in [-0.4, -0.2) is 184 Å². The average molecular weight is 985 g/mol. The van der Waals surface area contributed by atoms with Crippen molar-refractivity contribution >= 4 is 64.7 Å². The second-order valence-corrected chi connectivity index (χ2v) is 19.2. The van der Waals surface area contributed by atoms with E-state index in [9.17, 15) is 23.6 Å². The van der Waals surface area contributed by atoms with Gasteiger partial charge < -0.3 is 60.1 Å². The number of urea groups is 2. The number of halogens is 2. The highest BCUT2D eigenvalue weighted by Crippen LogP contribution is 2.27. The third-order valence-corrected chi connectivity index (χ3v) is 14.2. The first kappa shape index (κ1) is 51.5. The van der Waals surface area contributed by atoms with Crippen molar-refractivity contribution in [3.05, 3.63) is 53.8 Å². The molecule has 4 aliphatic rings. The number of carbonyl (C=O) groups is 4. The summed E-state index contributed by atoms with van der Waals surface area (Å²) in [6.07, 6.45) is 0.420. The Balaban J connectivity index is 0.788. The van der Waals surface area contributed by atoms with Gasteiger partial charge in [-0.3, -0.25) is 14.9 Å². The zero-order chi connectivity index (χ0) is 46.8. The van der Waals surface area contributed by atoms with E-state index in [2.05, 4.69) is 54.8 Å². The number of ether oxygens (including phenoxy) is 5. The lowest BCUT2D eigenvalue weighted by molar-refractivity contribution is -0.133. The molecule has 0 saturated carbocycles. The Morgan fingerprint density at radius 1 is 0.985 bits per heavy atom. The van der Waals surface area contributed by atoms with Crippen LogP contribution in [0, 0.1) is 5.82 Å². The third kappa shape index (κ3) is 16.7. The second-order valence-electron chi connectivity index (χ2n) is 16.1.